The second-order valence-electron chi connectivity index (χ2n) is 6.47. The predicted octanol–water partition coefficient (Wildman–Crippen LogP) is 2.68. The van der Waals surface area contributed by atoms with E-state index in [2.05, 4.69) is 25.9 Å². The summed E-state index contributed by atoms with van der Waals surface area (Å²) in [6.45, 7) is 1.90. The summed E-state index contributed by atoms with van der Waals surface area (Å²) in [4.78, 5) is 32.9. The molecule has 0 aliphatic heterocycles. The van der Waals surface area contributed by atoms with E-state index in [1.54, 1.807) is 29.1 Å². The number of thioether (sulfide) groups is 1. The summed E-state index contributed by atoms with van der Waals surface area (Å²) in [5, 5.41) is 5.79. The molecule has 0 spiro atoms. The Hall–Kier alpha value is -3.72. The molecule has 2 N–H and O–H groups in total. The fourth-order valence-corrected chi connectivity index (χ4v) is 3.61. The van der Waals surface area contributed by atoms with Gasteiger partial charge in [-0.1, -0.05) is 47.7 Å². The Kier molecular flexibility index (Phi) is 5.71. The molecule has 0 fully saturated rings. The molecule has 2 heterocycles. The number of carbonyl (C=O) groups excluding carboxylic acids is 2. The molecule has 0 atom stereocenters. The predicted molar refractivity (Wildman–Crippen MR) is 114 cm³/mol. The highest BCUT2D eigenvalue weighted by Gasteiger charge is 2.13. The number of hydrogen-bond donors (Lipinski definition) is 2. The van der Waals surface area contributed by atoms with Gasteiger partial charge in [0.15, 0.2) is 5.65 Å². The molecular weight excluding hydrogens is 400 g/mol. The van der Waals surface area contributed by atoms with Crippen LogP contribution < -0.4 is 10.9 Å². The van der Waals surface area contributed by atoms with E-state index in [4.69, 9.17) is 0 Å². The Morgan fingerprint density at radius 3 is 2.67 bits per heavy atom. The minimum atomic E-state index is -0.370. The second kappa shape index (κ2) is 8.75. The van der Waals surface area contributed by atoms with E-state index >= 15 is 0 Å². The molecule has 0 aliphatic rings. The molecule has 0 bridgehead atoms. The minimum absolute atomic E-state index is 0.0801. The average Bonchev–Trinajstić information content (AvgIpc) is 3.21. The number of para-hydroxylation sites is 1. The lowest BCUT2D eigenvalue weighted by atomic mass is 10.1. The first-order valence-corrected chi connectivity index (χ1v) is 10.1. The number of amides is 2. The molecule has 9 heteroatoms. The first kappa shape index (κ1) is 19.6. The van der Waals surface area contributed by atoms with Gasteiger partial charge < -0.3 is 0 Å². The number of aromatic nitrogens is 4. The maximum absolute atomic E-state index is 12.2. The van der Waals surface area contributed by atoms with Gasteiger partial charge in [-0.15, -0.1) is 0 Å². The maximum atomic E-state index is 12.2. The molecule has 0 aliphatic carbocycles. The van der Waals surface area contributed by atoms with Gasteiger partial charge in [0, 0.05) is 5.56 Å². The third kappa shape index (κ3) is 4.31. The summed E-state index contributed by atoms with van der Waals surface area (Å²) in [6, 6.07) is 16.8. The van der Waals surface area contributed by atoms with Crippen molar-refractivity contribution in [3.8, 4) is 5.69 Å². The molecule has 4 rings (SSSR count). The highest BCUT2D eigenvalue weighted by molar-refractivity contribution is 8.00. The molecule has 0 saturated heterocycles. The van der Waals surface area contributed by atoms with Gasteiger partial charge in [-0.25, -0.2) is 14.6 Å². The molecule has 0 radical (unpaired) electrons. The molecule has 2 aromatic heterocycles. The van der Waals surface area contributed by atoms with Gasteiger partial charge in [-0.2, -0.15) is 5.10 Å². The number of aryl methyl sites for hydroxylation is 1. The van der Waals surface area contributed by atoms with Crippen molar-refractivity contribution in [2.45, 2.75) is 11.9 Å². The summed E-state index contributed by atoms with van der Waals surface area (Å²) in [5.41, 5.74) is 7.84. The van der Waals surface area contributed by atoms with Crippen molar-refractivity contribution in [2.75, 3.05) is 5.75 Å². The van der Waals surface area contributed by atoms with Gasteiger partial charge in [0.2, 0.25) is 5.91 Å². The van der Waals surface area contributed by atoms with Crippen LogP contribution in [0.1, 0.15) is 15.9 Å². The van der Waals surface area contributed by atoms with Crippen LogP contribution in [0.5, 0.6) is 0 Å². The molecular formula is C21H18N6O2S. The summed E-state index contributed by atoms with van der Waals surface area (Å²) < 4.78 is 1.73. The van der Waals surface area contributed by atoms with Gasteiger partial charge in [-0.3, -0.25) is 20.4 Å². The number of nitrogens with zero attached hydrogens (tertiary/aromatic N) is 4. The van der Waals surface area contributed by atoms with E-state index < -0.39 is 0 Å². The van der Waals surface area contributed by atoms with E-state index in [0.29, 0.717) is 16.2 Å². The van der Waals surface area contributed by atoms with Crippen LogP contribution in [-0.2, 0) is 4.79 Å². The van der Waals surface area contributed by atoms with Crippen LogP contribution >= 0.6 is 11.8 Å². The molecule has 0 unspecified atom stereocenters. The minimum Gasteiger partial charge on any atom is -0.272 e. The zero-order chi connectivity index (χ0) is 20.9. The van der Waals surface area contributed by atoms with E-state index in [1.807, 2.05) is 43.3 Å². The lowest BCUT2D eigenvalue weighted by Crippen LogP contribution is -2.42. The van der Waals surface area contributed by atoms with Crippen molar-refractivity contribution in [1.29, 1.82) is 0 Å². The monoisotopic (exact) mass is 418 g/mol. The van der Waals surface area contributed by atoms with E-state index in [9.17, 15) is 9.59 Å². The Labute approximate surface area is 176 Å². The summed E-state index contributed by atoms with van der Waals surface area (Å²) in [7, 11) is 0. The molecule has 2 amide bonds. The van der Waals surface area contributed by atoms with Crippen molar-refractivity contribution < 1.29 is 9.59 Å². The molecule has 0 saturated carbocycles. The third-order valence-corrected chi connectivity index (χ3v) is 5.27. The van der Waals surface area contributed by atoms with E-state index in [-0.39, 0.29) is 17.6 Å². The van der Waals surface area contributed by atoms with Crippen molar-refractivity contribution in [2.24, 2.45) is 0 Å². The Bertz CT molecular complexity index is 1210. The van der Waals surface area contributed by atoms with E-state index in [0.717, 1.165) is 16.6 Å². The topological polar surface area (TPSA) is 102 Å². The smallest absolute Gasteiger partial charge is 0.269 e. The summed E-state index contributed by atoms with van der Waals surface area (Å²) >= 11 is 1.25. The number of fused-ring (bicyclic) bond motifs is 1. The van der Waals surface area contributed by atoms with Crippen molar-refractivity contribution >= 4 is 34.6 Å². The fraction of sp³-hybridized carbons (Fsp3) is 0.0952. The lowest BCUT2D eigenvalue weighted by molar-refractivity contribution is -0.119. The highest BCUT2D eigenvalue weighted by Crippen LogP contribution is 2.25. The van der Waals surface area contributed by atoms with Gasteiger partial charge in [-0.05, 0) is 31.2 Å². The van der Waals surface area contributed by atoms with Crippen LogP contribution in [0.15, 0.2) is 72.1 Å². The van der Waals surface area contributed by atoms with Gasteiger partial charge >= 0.3 is 0 Å². The molecule has 30 heavy (non-hydrogen) atoms. The number of hydrogen-bond acceptors (Lipinski definition) is 6. The number of rotatable bonds is 5. The number of carbonyl (C=O) groups is 2. The maximum Gasteiger partial charge on any atom is 0.269 e. The van der Waals surface area contributed by atoms with Crippen molar-refractivity contribution in [3.63, 3.8) is 0 Å². The van der Waals surface area contributed by atoms with Gasteiger partial charge in [0.25, 0.3) is 5.91 Å². The van der Waals surface area contributed by atoms with Crippen LogP contribution in [0.4, 0.5) is 0 Å². The van der Waals surface area contributed by atoms with E-state index in [1.165, 1.54) is 18.1 Å². The SMILES string of the molecule is Cc1cccc(C(=O)NNC(=O)CSc2ncnc3c2cnn3-c2ccccc2)c1. The highest BCUT2D eigenvalue weighted by atomic mass is 32.2. The van der Waals surface area contributed by atoms with Crippen LogP contribution in [0, 0.1) is 6.92 Å². The van der Waals surface area contributed by atoms with Crippen molar-refractivity contribution in [3.05, 3.63) is 78.2 Å². The van der Waals surface area contributed by atoms with Gasteiger partial charge in [0.05, 0.1) is 23.0 Å². The standard InChI is InChI=1S/C21H18N6O2S/c1-14-6-5-7-15(10-14)20(29)26-25-18(28)12-30-21-17-11-24-27(19(17)22-13-23-21)16-8-3-2-4-9-16/h2-11,13H,12H2,1H3,(H,25,28)(H,26,29). The fourth-order valence-electron chi connectivity index (χ4n) is 2.85. The van der Waals surface area contributed by atoms with Crippen LogP contribution in [0.3, 0.4) is 0 Å². The number of hydrazine groups is 1. The molecule has 2 aromatic carbocycles. The third-order valence-electron chi connectivity index (χ3n) is 4.27. The quantitative estimate of drug-likeness (QED) is 0.294. The average molecular weight is 418 g/mol. The van der Waals surface area contributed by atoms with Crippen LogP contribution in [0.25, 0.3) is 16.7 Å². The molecule has 8 nitrogen and oxygen atoms in total. The first-order valence-electron chi connectivity index (χ1n) is 9.14. The first-order chi connectivity index (χ1) is 14.6. The van der Waals surface area contributed by atoms with Crippen molar-refractivity contribution in [1.82, 2.24) is 30.6 Å². The lowest BCUT2D eigenvalue weighted by Gasteiger charge is -2.08. The normalized spacial score (nSPS) is 10.7. The van der Waals surface area contributed by atoms with Crippen LogP contribution in [-0.4, -0.2) is 37.3 Å². The largest absolute Gasteiger partial charge is 0.272 e. The molecule has 4 aromatic rings. The molecule has 150 valence electrons. The zero-order valence-corrected chi connectivity index (χ0v) is 16.9. The Morgan fingerprint density at radius 1 is 1.03 bits per heavy atom. The van der Waals surface area contributed by atoms with Crippen LogP contribution in [0.2, 0.25) is 0 Å². The zero-order valence-electron chi connectivity index (χ0n) is 16.1. The van der Waals surface area contributed by atoms with Gasteiger partial charge in [0.1, 0.15) is 11.4 Å². The second-order valence-corrected chi connectivity index (χ2v) is 7.43. The summed E-state index contributed by atoms with van der Waals surface area (Å²) in [5.74, 6) is -0.634. The summed E-state index contributed by atoms with van der Waals surface area (Å²) in [6.07, 6.45) is 3.13. The number of nitrogens with one attached hydrogen (secondary N) is 2. The Balaban J connectivity index is 1.39. The Morgan fingerprint density at radius 2 is 1.87 bits per heavy atom. The number of benzene rings is 2.